The van der Waals surface area contributed by atoms with Crippen molar-refractivity contribution in [1.82, 2.24) is 0 Å². The highest BCUT2D eigenvalue weighted by molar-refractivity contribution is 5.91. The monoisotopic (exact) mass is 424 g/mol. The van der Waals surface area contributed by atoms with Crippen molar-refractivity contribution < 1.29 is 38.9 Å². The van der Waals surface area contributed by atoms with Crippen molar-refractivity contribution in [3.05, 3.63) is 0 Å². The fraction of sp³-hybridized carbons (Fsp3) is 0.818. The van der Waals surface area contributed by atoms with Gasteiger partial charge in [0.05, 0.1) is 21.7 Å². The summed E-state index contributed by atoms with van der Waals surface area (Å²) in [6.07, 6.45) is -0.144. The number of carbonyl (C=O) groups is 4. The predicted molar refractivity (Wildman–Crippen MR) is 104 cm³/mol. The van der Waals surface area contributed by atoms with Gasteiger partial charge in [0.2, 0.25) is 0 Å². The van der Waals surface area contributed by atoms with Crippen molar-refractivity contribution in [2.75, 3.05) is 0 Å². The van der Waals surface area contributed by atoms with Gasteiger partial charge in [-0.15, -0.1) is 0 Å². The molecule has 8 heteroatoms. The minimum atomic E-state index is -1.49. The second-order valence-electron chi connectivity index (χ2n) is 11.8. The Kier molecular flexibility index (Phi) is 4.66. The summed E-state index contributed by atoms with van der Waals surface area (Å²) >= 11 is 0. The summed E-state index contributed by atoms with van der Waals surface area (Å²) in [5, 5.41) is 20.3. The number of aliphatic carboxylic acids is 2. The number of rotatable bonds is 4. The zero-order valence-electron chi connectivity index (χ0n) is 18.6. The Balaban J connectivity index is 2.17. The second-order valence-corrected chi connectivity index (χ2v) is 11.8. The van der Waals surface area contributed by atoms with E-state index in [4.69, 9.17) is 9.47 Å². The number of carboxylic acid groups (broad SMARTS) is 2. The Bertz CT molecular complexity index is 732. The Hall–Kier alpha value is -2.12. The maximum Gasteiger partial charge on any atom is 0.312 e. The van der Waals surface area contributed by atoms with Crippen molar-refractivity contribution in [3.8, 4) is 0 Å². The van der Waals surface area contributed by atoms with Crippen LogP contribution < -0.4 is 0 Å². The number of esters is 2. The Morgan fingerprint density at radius 1 is 0.567 bits per heavy atom. The number of ether oxygens (including phenoxy) is 2. The summed E-state index contributed by atoms with van der Waals surface area (Å²) in [5.74, 6) is -3.60. The molecule has 0 aromatic carbocycles. The number of carbonyl (C=O) groups excluding carboxylic acids is 2. The van der Waals surface area contributed by atoms with Crippen LogP contribution in [0.1, 0.15) is 80.1 Å². The third-order valence-electron chi connectivity index (χ3n) is 6.63. The topological polar surface area (TPSA) is 127 Å². The van der Waals surface area contributed by atoms with Crippen LogP contribution in [0.3, 0.4) is 0 Å². The van der Waals surface area contributed by atoms with Crippen LogP contribution in [0.25, 0.3) is 0 Å². The molecule has 0 heterocycles. The van der Waals surface area contributed by atoms with Gasteiger partial charge in [0.1, 0.15) is 11.2 Å². The van der Waals surface area contributed by atoms with E-state index in [-0.39, 0.29) is 38.5 Å². The van der Waals surface area contributed by atoms with E-state index in [0.29, 0.717) is 0 Å². The fourth-order valence-corrected chi connectivity index (χ4v) is 6.30. The van der Waals surface area contributed by atoms with Crippen LogP contribution in [0, 0.1) is 21.7 Å². The minimum Gasteiger partial charge on any atom is -0.481 e. The van der Waals surface area contributed by atoms with Crippen molar-refractivity contribution in [2.24, 2.45) is 21.7 Å². The molecular weight excluding hydrogens is 392 g/mol. The first-order valence-electron chi connectivity index (χ1n) is 10.3. The molecule has 0 amide bonds. The average molecular weight is 424 g/mol. The molecule has 2 N–H and O–H groups in total. The molecule has 0 aromatic rings. The van der Waals surface area contributed by atoms with E-state index in [2.05, 4.69) is 0 Å². The third kappa shape index (κ3) is 3.48. The first-order chi connectivity index (χ1) is 13.4. The molecule has 4 saturated carbocycles. The van der Waals surface area contributed by atoms with E-state index in [9.17, 15) is 29.4 Å². The maximum absolute atomic E-state index is 13.3. The molecular formula is C22H32O8. The van der Waals surface area contributed by atoms with Gasteiger partial charge in [0.15, 0.2) is 0 Å². The van der Waals surface area contributed by atoms with Crippen LogP contribution in [0.2, 0.25) is 0 Å². The van der Waals surface area contributed by atoms with Gasteiger partial charge >= 0.3 is 23.9 Å². The SMILES string of the molecule is CC(C)(C)OC(=O)C12CC3(C(=O)O)CC(C(=O)O)(C1)CC(C(=O)OC(C)(C)C)(C3)C2. The van der Waals surface area contributed by atoms with Crippen LogP contribution in [0.5, 0.6) is 0 Å². The lowest BCUT2D eigenvalue weighted by Crippen LogP contribution is -2.69. The van der Waals surface area contributed by atoms with Crippen LogP contribution in [-0.4, -0.2) is 45.3 Å². The van der Waals surface area contributed by atoms with Crippen LogP contribution in [-0.2, 0) is 28.7 Å². The Morgan fingerprint density at radius 2 is 0.800 bits per heavy atom. The Morgan fingerprint density at radius 3 is 1.03 bits per heavy atom. The van der Waals surface area contributed by atoms with Crippen molar-refractivity contribution in [2.45, 2.75) is 91.3 Å². The van der Waals surface area contributed by atoms with E-state index in [0.717, 1.165) is 0 Å². The predicted octanol–water partition coefficient (Wildman–Crippen LogP) is 3.17. The number of hydrogen-bond donors (Lipinski definition) is 2. The molecule has 0 saturated heterocycles. The van der Waals surface area contributed by atoms with Gasteiger partial charge in [-0.05, 0) is 80.1 Å². The van der Waals surface area contributed by atoms with Crippen LogP contribution in [0.4, 0.5) is 0 Å². The lowest BCUT2D eigenvalue weighted by atomic mass is 9.35. The molecule has 30 heavy (non-hydrogen) atoms. The summed E-state index contributed by atoms with van der Waals surface area (Å²) in [7, 11) is 0. The van der Waals surface area contributed by atoms with Gasteiger partial charge in [-0.3, -0.25) is 19.2 Å². The van der Waals surface area contributed by atoms with Gasteiger partial charge in [-0.25, -0.2) is 0 Å². The standard InChI is InChI=1S/C22H32O8/c1-17(2,3)29-15(27)21-8-19(13(23)24)7-20(9-21,14(25)26)11-22(10-19,12-21)16(28)30-18(4,5)6/h7-12H2,1-6H3,(H,23,24)(H,25,26). The second kappa shape index (κ2) is 6.20. The molecule has 0 aliphatic heterocycles. The lowest BCUT2D eigenvalue weighted by molar-refractivity contribution is -0.238. The molecule has 4 bridgehead atoms. The molecule has 4 aliphatic carbocycles. The van der Waals surface area contributed by atoms with E-state index in [1.165, 1.54) is 0 Å². The van der Waals surface area contributed by atoms with Gasteiger partial charge in [0.25, 0.3) is 0 Å². The van der Waals surface area contributed by atoms with Crippen LogP contribution >= 0.6 is 0 Å². The average Bonchev–Trinajstić information content (AvgIpc) is 2.50. The third-order valence-corrected chi connectivity index (χ3v) is 6.63. The van der Waals surface area contributed by atoms with Crippen LogP contribution in [0.15, 0.2) is 0 Å². The van der Waals surface area contributed by atoms with Gasteiger partial charge in [0, 0.05) is 0 Å². The van der Waals surface area contributed by atoms with Crippen molar-refractivity contribution in [3.63, 3.8) is 0 Å². The van der Waals surface area contributed by atoms with Gasteiger partial charge < -0.3 is 19.7 Å². The molecule has 0 atom stereocenters. The molecule has 0 spiro atoms. The highest BCUT2D eigenvalue weighted by atomic mass is 16.6. The molecule has 0 aromatic heterocycles. The summed E-state index contributed by atoms with van der Waals surface area (Å²) in [4.78, 5) is 51.5. The molecule has 0 unspecified atom stereocenters. The molecule has 4 rings (SSSR count). The van der Waals surface area contributed by atoms with E-state index >= 15 is 0 Å². The van der Waals surface area contributed by atoms with Crippen molar-refractivity contribution >= 4 is 23.9 Å². The summed E-state index contributed by atoms with van der Waals surface area (Å²) in [6, 6.07) is 0. The smallest absolute Gasteiger partial charge is 0.312 e. The van der Waals surface area contributed by atoms with Crippen molar-refractivity contribution in [1.29, 1.82) is 0 Å². The molecule has 4 aliphatic rings. The van der Waals surface area contributed by atoms with Gasteiger partial charge in [-0.2, -0.15) is 0 Å². The first kappa shape index (κ1) is 22.6. The zero-order valence-corrected chi connectivity index (χ0v) is 18.6. The fourth-order valence-electron chi connectivity index (χ4n) is 6.30. The molecule has 168 valence electrons. The summed E-state index contributed by atoms with van der Waals surface area (Å²) in [5.41, 5.74) is -7.33. The van der Waals surface area contributed by atoms with E-state index in [1.54, 1.807) is 41.5 Å². The summed E-state index contributed by atoms with van der Waals surface area (Å²) < 4.78 is 11.2. The minimum absolute atomic E-state index is 0.0240. The maximum atomic E-state index is 13.3. The zero-order chi connectivity index (χ0) is 23.0. The highest BCUT2D eigenvalue weighted by Gasteiger charge is 2.77. The largest absolute Gasteiger partial charge is 0.481 e. The normalized spacial score (nSPS) is 37.5. The van der Waals surface area contributed by atoms with E-state index < -0.39 is 56.7 Å². The number of carboxylic acids is 2. The highest BCUT2D eigenvalue weighted by Crippen LogP contribution is 2.74. The lowest BCUT2D eigenvalue weighted by Gasteiger charge is -2.66. The molecule has 0 radical (unpaired) electrons. The van der Waals surface area contributed by atoms with Gasteiger partial charge in [-0.1, -0.05) is 0 Å². The van der Waals surface area contributed by atoms with E-state index in [1.807, 2.05) is 0 Å². The molecule has 4 fully saturated rings. The number of hydrogen-bond acceptors (Lipinski definition) is 6. The quantitative estimate of drug-likeness (QED) is 0.659. The summed E-state index contributed by atoms with van der Waals surface area (Å²) in [6.45, 7) is 10.2. The first-order valence-corrected chi connectivity index (χ1v) is 10.3. The Labute approximate surface area is 176 Å². The molecule has 8 nitrogen and oxygen atoms in total.